The van der Waals surface area contributed by atoms with Crippen molar-refractivity contribution in [2.24, 2.45) is 12.8 Å². The Labute approximate surface area is 118 Å². The van der Waals surface area contributed by atoms with Crippen LogP contribution in [0.3, 0.4) is 0 Å². The van der Waals surface area contributed by atoms with E-state index in [1.54, 1.807) is 6.07 Å². The van der Waals surface area contributed by atoms with Gasteiger partial charge in [0.1, 0.15) is 0 Å². The van der Waals surface area contributed by atoms with Gasteiger partial charge in [-0.25, -0.2) is 0 Å². The summed E-state index contributed by atoms with van der Waals surface area (Å²) < 4.78 is 1.88. The normalized spacial score (nSPS) is 10.8. The predicted octanol–water partition coefficient (Wildman–Crippen LogP) is 1.43. The molecule has 2 rings (SSSR count). The lowest BCUT2D eigenvalue weighted by molar-refractivity contribution is 0.0999. The van der Waals surface area contributed by atoms with Gasteiger partial charge in [-0.2, -0.15) is 5.10 Å². The molecule has 1 aromatic carbocycles. The Kier molecular flexibility index (Phi) is 4.20. The molecule has 5 heteroatoms. The van der Waals surface area contributed by atoms with Crippen LogP contribution in [-0.2, 0) is 20.1 Å². The summed E-state index contributed by atoms with van der Waals surface area (Å²) in [6.07, 6.45) is 0. The van der Waals surface area contributed by atoms with Crippen molar-refractivity contribution in [2.75, 3.05) is 0 Å². The Morgan fingerprint density at radius 3 is 2.60 bits per heavy atom. The fraction of sp³-hybridized carbons (Fsp3) is 0.333. The number of benzene rings is 1. The molecule has 0 atom stereocenters. The Hall–Kier alpha value is -2.14. The van der Waals surface area contributed by atoms with Gasteiger partial charge >= 0.3 is 0 Å². The third kappa shape index (κ3) is 2.88. The lowest BCUT2D eigenvalue weighted by atomic mass is 10.1. The number of nitrogens with zero attached hydrogens (tertiary/aromatic N) is 2. The topological polar surface area (TPSA) is 72.9 Å². The fourth-order valence-electron chi connectivity index (χ4n) is 2.31. The number of carbonyl (C=O) groups is 1. The zero-order chi connectivity index (χ0) is 14.7. The SMILES string of the molecule is Cc1nn(C)c(C)c1CNCc1ccccc1C(N)=O. The van der Waals surface area contributed by atoms with Crippen LogP contribution in [0.2, 0.25) is 0 Å². The molecule has 1 amide bonds. The summed E-state index contributed by atoms with van der Waals surface area (Å²) >= 11 is 0. The number of aromatic nitrogens is 2. The smallest absolute Gasteiger partial charge is 0.249 e. The van der Waals surface area contributed by atoms with Crippen molar-refractivity contribution in [3.63, 3.8) is 0 Å². The summed E-state index contributed by atoms with van der Waals surface area (Å²) in [4.78, 5) is 11.3. The van der Waals surface area contributed by atoms with Gasteiger partial charge in [-0.3, -0.25) is 9.48 Å². The Morgan fingerprint density at radius 2 is 2.00 bits per heavy atom. The van der Waals surface area contributed by atoms with Gasteiger partial charge in [-0.05, 0) is 25.5 Å². The maximum absolute atomic E-state index is 11.3. The number of aryl methyl sites for hydroxylation is 2. The van der Waals surface area contributed by atoms with Crippen LogP contribution >= 0.6 is 0 Å². The van der Waals surface area contributed by atoms with Crippen molar-refractivity contribution in [1.82, 2.24) is 15.1 Å². The van der Waals surface area contributed by atoms with Crippen molar-refractivity contribution in [3.05, 3.63) is 52.3 Å². The number of primary amides is 1. The van der Waals surface area contributed by atoms with Gasteiger partial charge in [0.25, 0.3) is 0 Å². The lowest BCUT2D eigenvalue weighted by Gasteiger charge is -2.08. The molecule has 0 aliphatic carbocycles. The van der Waals surface area contributed by atoms with Crippen molar-refractivity contribution in [2.45, 2.75) is 26.9 Å². The summed E-state index contributed by atoms with van der Waals surface area (Å²) in [5.74, 6) is -0.392. The van der Waals surface area contributed by atoms with Crippen molar-refractivity contribution in [3.8, 4) is 0 Å². The second-order valence-electron chi connectivity index (χ2n) is 4.90. The first-order valence-corrected chi connectivity index (χ1v) is 6.58. The molecule has 1 aromatic heterocycles. The molecule has 0 aliphatic rings. The standard InChI is InChI=1S/C15H20N4O/c1-10-14(11(2)19(3)18-10)9-17-8-12-6-4-5-7-13(12)15(16)20/h4-7,17H,8-9H2,1-3H3,(H2,16,20). The third-order valence-corrected chi connectivity index (χ3v) is 3.56. The van der Waals surface area contributed by atoms with Crippen molar-refractivity contribution < 1.29 is 4.79 Å². The molecule has 0 bridgehead atoms. The van der Waals surface area contributed by atoms with Crippen LogP contribution in [0, 0.1) is 13.8 Å². The number of carbonyl (C=O) groups excluding carboxylic acids is 1. The van der Waals surface area contributed by atoms with Crippen LogP contribution in [0.15, 0.2) is 24.3 Å². The maximum Gasteiger partial charge on any atom is 0.249 e. The molecular formula is C15H20N4O. The summed E-state index contributed by atoms with van der Waals surface area (Å²) in [6, 6.07) is 7.39. The van der Waals surface area contributed by atoms with Crippen LogP contribution < -0.4 is 11.1 Å². The first-order chi connectivity index (χ1) is 9.50. The summed E-state index contributed by atoms with van der Waals surface area (Å²) in [5.41, 5.74) is 10.2. The summed E-state index contributed by atoms with van der Waals surface area (Å²) in [7, 11) is 1.94. The quantitative estimate of drug-likeness (QED) is 0.864. The van der Waals surface area contributed by atoms with E-state index >= 15 is 0 Å². The number of nitrogens with one attached hydrogen (secondary N) is 1. The molecule has 1 heterocycles. The molecule has 0 saturated carbocycles. The molecule has 0 spiro atoms. The molecule has 0 unspecified atom stereocenters. The molecule has 0 fully saturated rings. The first-order valence-electron chi connectivity index (χ1n) is 6.58. The van der Waals surface area contributed by atoms with E-state index in [0.29, 0.717) is 12.1 Å². The van der Waals surface area contributed by atoms with Crippen LogP contribution in [0.5, 0.6) is 0 Å². The van der Waals surface area contributed by atoms with Gasteiger partial charge in [0.05, 0.1) is 5.69 Å². The fourth-order valence-corrected chi connectivity index (χ4v) is 2.31. The van der Waals surface area contributed by atoms with Crippen LogP contribution in [0.4, 0.5) is 0 Å². The zero-order valence-corrected chi connectivity index (χ0v) is 12.1. The van der Waals surface area contributed by atoms with Gasteiger partial charge in [0, 0.05) is 37.0 Å². The van der Waals surface area contributed by atoms with Crippen LogP contribution in [-0.4, -0.2) is 15.7 Å². The highest BCUT2D eigenvalue weighted by molar-refractivity contribution is 5.94. The van der Waals surface area contributed by atoms with E-state index in [9.17, 15) is 4.79 Å². The molecule has 0 saturated heterocycles. The van der Waals surface area contributed by atoms with E-state index in [0.717, 1.165) is 23.5 Å². The monoisotopic (exact) mass is 272 g/mol. The predicted molar refractivity (Wildman–Crippen MR) is 78.2 cm³/mol. The minimum Gasteiger partial charge on any atom is -0.366 e. The molecular weight excluding hydrogens is 252 g/mol. The molecule has 20 heavy (non-hydrogen) atoms. The van der Waals surface area contributed by atoms with Gasteiger partial charge < -0.3 is 11.1 Å². The molecule has 106 valence electrons. The molecule has 2 aromatic rings. The maximum atomic E-state index is 11.3. The van der Waals surface area contributed by atoms with Crippen molar-refractivity contribution >= 4 is 5.91 Å². The minimum atomic E-state index is -0.392. The van der Waals surface area contributed by atoms with Crippen LogP contribution in [0.25, 0.3) is 0 Å². The summed E-state index contributed by atoms with van der Waals surface area (Å²) in [5, 5.41) is 7.73. The van der Waals surface area contributed by atoms with E-state index < -0.39 is 5.91 Å². The van der Waals surface area contributed by atoms with E-state index in [-0.39, 0.29) is 0 Å². The van der Waals surface area contributed by atoms with Crippen molar-refractivity contribution in [1.29, 1.82) is 0 Å². The highest BCUT2D eigenvalue weighted by Gasteiger charge is 2.10. The van der Waals surface area contributed by atoms with E-state index in [4.69, 9.17) is 5.73 Å². The Morgan fingerprint density at radius 1 is 1.30 bits per heavy atom. The average Bonchev–Trinajstić information content (AvgIpc) is 2.65. The minimum absolute atomic E-state index is 0.392. The van der Waals surface area contributed by atoms with Gasteiger partial charge in [0.2, 0.25) is 5.91 Å². The number of hydrogen-bond acceptors (Lipinski definition) is 3. The average molecular weight is 272 g/mol. The van der Waals surface area contributed by atoms with Gasteiger partial charge in [-0.1, -0.05) is 18.2 Å². The van der Waals surface area contributed by atoms with E-state index in [1.165, 1.54) is 5.56 Å². The van der Waals surface area contributed by atoms with Gasteiger partial charge in [-0.15, -0.1) is 0 Å². The summed E-state index contributed by atoms with van der Waals surface area (Å²) in [6.45, 7) is 5.38. The largest absolute Gasteiger partial charge is 0.366 e. The third-order valence-electron chi connectivity index (χ3n) is 3.56. The molecule has 0 radical (unpaired) electrons. The molecule has 0 aliphatic heterocycles. The number of nitrogens with two attached hydrogens (primary N) is 1. The highest BCUT2D eigenvalue weighted by atomic mass is 16.1. The van der Waals surface area contributed by atoms with Crippen LogP contribution in [0.1, 0.15) is 32.9 Å². The van der Waals surface area contributed by atoms with Gasteiger partial charge in [0.15, 0.2) is 0 Å². The Balaban J connectivity index is 2.05. The highest BCUT2D eigenvalue weighted by Crippen LogP contribution is 2.12. The van der Waals surface area contributed by atoms with E-state index in [1.807, 2.05) is 43.8 Å². The number of rotatable bonds is 5. The lowest BCUT2D eigenvalue weighted by Crippen LogP contribution is -2.19. The first kappa shape index (κ1) is 14.3. The Bertz CT molecular complexity index is 631. The second-order valence-corrected chi connectivity index (χ2v) is 4.90. The number of amides is 1. The molecule has 3 N–H and O–H groups in total. The number of hydrogen-bond donors (Lipinski definition) is 2. The second kappa shape index (κ2) is 5.88. The van der Waals surface area contributed by atoms with E-state index in [2.05, 4.69) is 10.4 Å². The zero-order valence-electron chi connectivity index (χ0n) is 12.1. The molecule has 5 nitrogen and oxygen atoms in total.